The van der Waals surface area contributed by atoms with Crippen LogP contribution in [0.3, 0.4) is 0 Å². The van der Waals surface area contributed by atoms with Crippen molar-refractivity contribution in [3.05, 3.63) is 30.1 Å². The van der Waals surface area contributed by atoms with Gasteiger partial charge < -0.3 is 15.4 Å². The highest BCUT2D eigenvalue weighted by Gasteiger charge is 2.41. The molecule has 5 rings (SSSR count). The van der Waals surface area contributed by atoms with Crippen LogP contribution in [0.15, 0.2) is 24.3 Å². The van der Waals surface area contributed by atoms with Gasteiger partial charge in [0.1, 0.15) is 5.82 Å². The van der Waals surface area contributed by atoms with Gasteiger partial charge in [-0.15, -0.1) is 0 Å². The molecule has 160 valence electrons. The first-order chi connectivity index (χ1) is 14.1. The normalized spacial score (nSPS) is 31.7. The molecule has 1 aromatic carbocycles. The summed E-state index contributed by atoms with van der Waals surface area (Å²) in [5.74, 6) is 1.11. The maximum atomic E-state index is 13.3. The number of nitrogens with one attached hydrogen (secondary N) is 2. The van der Waals surface area contributed by atoms with Crippen LogP contribution in [0.4, 0.5) is 14.9 Å². The maximum absolute atomic E-state index is 13.3. The summed E-state index contributed by atoms with van der Waals surface area (Å²) < 4.78 is 18.7. The van der Waals surface area contributed by atoms with E-state index in [9.17, 15) is 9.18 Å². The number of likely N-dealkylation sites (tertiary alicyclic amines) is 1. The number of hydrogen-bond donors (Lipinski definition) is 2. The number of amides is 2. The second-order valence-corrected chi connectivity index (χ2v) is 8.78. The van der Waals surface area contributed by atoms with E-state index in [0.717, 1.165) is 38.0 Å². The number of methoxy groups -OCH3 is 1. The van der Waals surface area contributed by atoms with Gasteiger partial charge in [-0.05, 0) is 68.8 Å². The summed E-state index contributed by atoms with van der Waals surface area (Å²) in [6.07, 6.45) is 4.94. The largest absolute Gasteiger partial charge is 0.383 e. The summed E-state index contributed by atoms with van der Waals surface area (Å²) in [6.45, 7) is 6.10. The molecule has 4 heterocycles. The number of benzene rings is 1. The highest BCUT2D eigenvalue weighted by atomic mass is 19.1. The molecule has 2 N–H and O–H groups in total. The fraction of sp³-hybridized carbons (Fsp3) is 0.682. The molecule has 4 saturated heterocycles. The number of nitrogens with zero attached hydrogens (tertiary/aromatic N) is 2. The Labute approximate surface area is 172 Å². The van der Waals surface area contributed by atoms with Crippen molar-refractivity contribution in [2.75, 3.05) is 51.8 Å². The van der Waals surface area contributed by atoms with Crippen molar-refractivity contribution >= 4 is 11.7 Å². The minimum Gasteiger partial charge on any atom is -0.383 e. The Hall–Kier alpha value is -1.70. The van der Waals surface area contributed by atoms with E-state index in [4.69, 9.17) is 4.74 Å². The van der Waals surface area contributed by atoms with Crippen LogP contribution >= 0.6 is 0 Å². The molecule has 2 bridgehead atoms. The van der Waals surface area contributed by atoms with Crippen LogP contribution in [-0.4, -0.2) is 74.4 Å². The van der Waals surface area contributed by atoms with Crippen molar-refractivity contribution in [2.24, 2.45) is 11.8 Å². The summed E-state index contributed by atoms with van der Waals surface area (Å²) in [5, 5.41) is 5.69. The third-order valence-corrected chi connectivity index (χ3v) is 6.92. The minimum absolute atomic E-state index is 0.269. The Morgan fingerprint density at radius 1 is 1.28 bits per heavy atom. The molecule has 0 aliphatic carbocycles. The molecule has 4 fully saturated rings. The molecule has 29 heavy (non-hydrogen) atoms. The number of piperidine rings is 3. The average Bonchev–Trinajstić information content (AvgIpc) is 3.14. The molecule has 0 aromatic heterocycles. The first kappa shape index (κ1) is 20.6. The monoisotopic (exact) mass is 404 g/mol. The van der Waals surface area contributed by atoms with Gasteiger partial charge in [-0.25, -0.2) is 9.18 Å². The van der Waals surface area contributed by atoms with Crippen LogP contribution in [0, 0.1) is 17.7 Å². The van der Waals surface area contributed by atoms with E-state index in [1.807, 2.05) is 0 Å². The Bertz CT molecular complexity index is 703. The van der Waals surface area contributed by atoms with Crippen LogP contribution < -0.4 is 10.6 Å². The van der Waals surface area contributed by atoms with Crippen LogP contribution in [-0.2, 0) is 4.74 Å². The summed E-state index contributed by atoms with van der Waals surface area (Å²) in [5.41, 5.74) is 0.476. The maximum Gasteiger partial charge on any atom is 0.319 e. The zero-order chi connectivity index (χ0) is 20.2. The Morgan fingerprint density at radius 3 is 2.93 bits per heavy atom. The standard InChI is InChI=1S/C22H33FN4O2/c1-29-15-20-6-3-8-26(20)13-17-14-27-9-7-16(17)10-21(27)12-24-22(28)25-19-5-2-4-18(23)11-19/h2,4-5,11,16-17,20-21H,3,6-10,12-15H2,1H3,(H2,24,25,28)/t16-,17+,20-,21+/m0/s1. The SMILES string of the molecule is COC[C@@H]1CCCN1C[C@@H]1CN2CC[C@H]1C[C@@H]2CNC(=O)Nc1cccc(F)c1. The van der Waals surface area contributed by atoms with Gasteiger partial charge in [0.25, 0.3) is 0 Å². The Kier molecular flexibility index (Phi) is 6.67. The number of carbonyl (C=O) groups is 1. The lowest BCUT2D eigenvalue weighted by molar-refractivity contribution is -0.0162. The van der Waals surface area contributed by atoms with E-state index in [2.05, 4.69) is 20.4 Å². The van der Waals surface area contributed by atoms with E-state index < -0.39 is 0 Å². The second kappa shape index (κ2) is 9.41. The summed E-state index contributed by atoms with van der Waals surface area (Å²) in [6, 6.07) is 6.69. The number of ether oxygens (including phenoxy) is 1. The fourth-order valence-electron chi connectivity index (χ4n) is 5.44. The van der Waals surface area contributed by atoms with Crippen molar-refractivity contribution in [1.29, 1.82) is 0 Å². The summed E-state index contributed by atoms with van der Waals surface area (Å²) in [7, 11) is 1.80. The third kappa shape index (κ3) is 5.08. The minimum atomic E-state index is -0.352. The van der Waals surface area contributed by atoms with Gasteiger partial charge in [-0.3, -0.25) is 9.80 Å². The van der Waals surface area contributed by atoms with Gasteiger partial charge in [0.2, 0.25) is 0 Å². The van der Waals surface area contributed by atoms with Gasteiger partial charge in [0, 0.05) is 44.5 Å². The lowest BCUT2D eigenvalue weighted by Crippen LogP contribution is -2.59. The van der Waals surface area contributed by atoms with Crippen molar-refractivity contribution in [2.45, 2.75) is 37.8 Å². The molecule has 7 heteroatoms. The lowest BCUT2D eigenvalue weighted by atomic mass is 9.75. The molecule has 6 nitrogen and oxygen atoms in total. The molecule has 0 spiro atoms. The van der Waals surface area contributed by atoms with Crippen molar-refractivity contribution < 1.29 is 13.9 Å². The average molecular weight is 405 g/mol. The quantitative estimate of drug-likeness (QED) is 0.734. The van der Waals surface area contributed by atoms with Crippen LogP contribution in [0.1, 0.15) is 25.7 Å². The fourth-order valence-corrected chi connectivity index (χ4v) is 5.44. The zero-order valence-electron chi connectivity index (χ0n) is 17.3. The zero-order valence-corrected chi connectivity index (χ0v) is 17.3. The van der Waals surface area contributed by atoms with Gasteiger partial charge >= 0.3 is 6.03 Å². The van der Waals surface area contributed by atoms with E-state index in [0.29, 0.717) is 24.3 Å². The highest BCUT2D eigenvalue weighted by molar-refractivity contribution is 5.89. The molecule has 1 aromatic rings. The van der Waals surface area contributed by atoms with Gasteiger partial charge in [0.05, 0.1) is 6.61 Å². The molecular formula is C22H33FN4O2. The highest BCUT2D eigenvalue weighted by Crippen LogP contribution is 2.37. The summed E-state index contributed by atoms with van der Waals surface area (Å²) >= 11 is 0. The Morgan fingerprint density at radius 2 is 2.17 bits per heavy atom. The van der Waals surface area contributed by atoms with E-state index in [-0.39, 0.29) is 11.8 Å². The smallest absolute Gasteiger partial charge is 0.319 e. The van der Waals surface area contributed by atoms with Crippen molar-refractivity contribution in [3.63, 3.8) is 0 Å². The Balaban J connectivity index is 1.24. The van der Waals surface area contributed by atoms with Crippen LogP contribution in [0.25, 0.3) is 0 Å². The van der Waals surface area contributed by atoms with Crippen LogP contribution in [0.5, 0.6) is 0 Å². The number of hydrogen-bond acceptors (Lipinski definition) is 4. The van der Waals surface area contributed by atoms with Gasteiger partial charge in [0.15, 0.2) is 0 Å². The predicted octanol–water partition coefficient (Wildman–Crippen LogP) is 2.77. The molecule has 5 atom stereocenters. The molecule has 0 radical (unpaired) electrons. The number of halogens is 1. The van der Waals surface area contributed by atoms with E-state index >= 15 is 0 Å². The lowest BCUT2D eigenvalue weighted by Gasteiger charge is -2.51. The van der Waals surface area contributed by atoms with Crippen molar-refractivity contribution in [1.82, 2.24) is 15.1 Å². The number of anilines is 1. The molecular weight excluding hydrogens is 371 g/mol. The van der Waals surface area contributed by atoms with E-state index in [1.165, 1.54) is 44.5 Å². The van der Waals surface area contributed by atoms with Crippen LogP contribution in [0.2, 0.25) is 0 Å². The predicted molar refractivity (Wildman–Crippen MR) is 111 cm³/mol. The molecule has 4 aliphatic rings. The molecule has 2 amide bonds. The summed E-state index contributed by atoms with van der Waals surface area (Å²) in [4.78, 5) is 17.4. The van der Waals surface area contributed by atoms with E-state index in [1.54, 1.807) is 19.2 Å². The number of rotatable bonds is 7. The van der Waals surface area contributed by atoms with Gasteiger partial charge in [-0.2, -0.15) is 0 Å². The number of carbonyl (C=O) groups excluding carboxylic acids is 1. The third-order valence-electron chi connectivity index (χ3n) is 6.92. The molecule has 4 aliphatic heterocycles. The topological polar surface area (TPSA) is 56.8 Å². The van der Waals surface area contributed by atoms with Gasteiger partial charge in [-0.1, -0.05) is 6.07 Å². The first-order valence-corrected chi connectivity index (χ1v) is 10.9. The second-order valence-electron chi connectivity index (χ2n) is 8.78. The number of urea groups is 1. The van der Waals surface area contributed by atoms with Crippen molar-refractivity contribution in [3.8, 4) is 0 Å². The first-order valence-electron chi connectivity index (χ1n) is 10.9. The molecule has 1 unspecified atom stereocenters. The molecule has 0 saturated carbocycles. The number of fused-ring (bicyclic) bond motifs is 3.